The summed E-state index contributed by atoms with van der Waals surface area (Å²) >= 11 is 1.43. The number of amides is 2. The summed E-state index contributed by atoms with van der Waals surface area (Å²) in [5, 5.41) is 0.756. The summed E-state index contributed by atoms with van der Waals surface area (Å²) < 4.78 is 0. The van der Waals surface area contributed by atoms with E-state index in [0.29, 0.717) is 0 Å². The number of hydrazine groups is 1. The van der Waals surface area contributed by atoms with Crippen molar-refractivity contribution in [2.24, 2.45) is 0 Å². The minimum atomic E-state index is -0.365. The lowest BCUT2D eigenvalue weighted by Crippen LogP contribution is -2.36. The van der Waals surface area contributed by atoms with Gasteiger partial charge in [0.1, 0.15) is 0 Å². The molecular weight excluding hydrogens is 284 g/mol. The fraction of sp³-hybridized carbons (Fsp3) is 0.125. The van der Waals surface area contributed by atoms with Crippen molar-refractivity contribution in [3.05, 3.63) is 60.7 Å². The van der Waals surface area contributed by atoms with Crippen LogP contribution in [0.4, 0.5) is 5.69 Å². The van der Waals surface area contributed by atoms with Crippen molar-refractivity contribution in [1.29, 1.82) is 0 Å². The van der Waals surface area contributed by atoms with Crippen molar-refractivity contribution >= 4 is 29.3 Å². The van der Waals surface area contributed by atoms with Gasteiger partial charge in [0, 0.05) is 4.90 Å². The van der Waals surface area contributed by atoms with Crippen molar-refractivity contribution in [3.63, 3.8) is 0 Å². The first-order valence-corrected chi connectivity index (χ1v) is 7.52. The Morgan fingerprint density at radius 3 is 2.24 bits per heavy atom. The number of nitrogens with one attached hydrogen (secondary N) is 1. The molecule has 106 valence electrons. The lowest BCUT2D eigenvalue weighted by molar-refractivity contribution is -0.136. The van der Waals surface area contributed by atoms with Crippen molar-refractivity contribution in [2.75, 3.05) is 5.43 Å². The summed E-state index contributed by atoms with van der Waals surface area (Å²) in [6.07, 6.45) is 0.220. The second-order valence-corrected chi connectivity index (χ2v) is 5.95. The maximum atomic E-state index is 12.3. The molecule has 0 bridgehead atoms. The third-order valence-electron chi connectivity index (χ3n) is 3.14. The molecule has 1 fully saturated rings. The van der Waals surface area contributed by atoms with E-state index in [1.807, 2.05) is 60.7 Å². The summed E-state index contributed by atoms with van der Waals surface area (Å²) in [6, 6.07) is 18.9. The number of nitrogens with zero attached hydrogens (tertiary/aromatic N) is 1. The Morgan fingerprint density at radius 2 is 1.57 bits per heavy atom. The van der Waals surface area contributed by atoms with E-state index >= 15 is 0 Å². The van der Waals surface area contributed by atoms with Crippen molar-refractivity contribution < 1.29 is 9.59 Å². The van der Waals surface area contributed by atoms with Crippen LogP contribution in [-0.4, -0.2) is 22.1 Å². The number of rotatable bonds is 4. The number of thioether (sulfide) groups is 1. The molecule has 4 nitrogen and oxygen atoms in total. The van der Waals surface area contributed by atoms with Gasteiger partial charge in [0.05, 0.1) is 17.4 Å². The third kappa shape index (κ3) is 3.08. The second-order valence-electron chi connectivity index (χ2n) is 4.67. The molecule has 0 spiro atoms. The average Bonchev–Trinajstić information content (AvgIpc) is 2.77. The molecular formula is C16H14N2O2S. The van der Waals surface area contributed by atoms with Gasteiger partial charge >= 0.3 is 0 Å². The van der Waals surface area contributed by atoms with E-state index in [2.05, 4.69) is 5.43 Å². The molecule has 1 aliphatic heterocycles. The van der Waals surface area contributed by atoms with Crippen LogP contribution in [0, 0.1) is 0 Å². The van der Waals surface area contributed by atoms with Gasteiger partial charge in [0.25, 0.3) is 5.91 Å². The van der Waals surface area contributed by atoms with E-state index in [-0.39, 0.29) is 23.5 Å². The Bertz CT molecular complexity index is 646. The highest BCUT2D eigenvalue weighted by atomic mass is 32.2. The normalized spacial score (nSPS) is 18.1. The Kier molecular flexibility index (Phi) is 3.92. The SMILES string of the molecule is O=C1CC(Sc2ccccc2)C(=O)N1Nc1ccccc1. The molecule has 0 aromatic heterocycles. The molecule has 0 radical (unpaired) electrons. The van der Waals surface area contributed by atoms with Gasteiger partial charge < -0.3 is 0 Å². The first kappa shape index (κ1) is 13.7. The minimum Gasteiger partial charge on any atom is -0.289 e. The molecule has 2 aromatic rings. The van der Waals surface area contributed by atoms with Crippen LogP contribution in [0.2, 0.25) is 0 Å². The molecule has 1 saturated heterocycles. The van der Waals surface area contributed by atoms with Crippen molar-refractivity contribution in [1.82, 2.24) is 5.01 Å². The Labute approximate surface area is 127 Å². The topological polar surface area (TPSA) is 49.4 Å². The van der Waals surface area contributed by atoms with Gasteiger partial charge in [-0.3, -0.25) is 15.0 Å². The van der Waals surface area contributed by atoms with E-state index < -0.39 is 0 Å². The fourth-order valence-corrected chi connectivity index (χ4v) is 3.19. The van der Waals surface area contributed by atoms with Crippen LogP contribution in [0.25, 0.3) is 0 Å². The Balaban J connectivity index is 1.70. The maximum absolute atomic E-state index is 12.3. The predicted molar refractivity (Wildman–Crippen MR) is 82.6 cm³/mol. The molecule has 1 heterocycles. The van der Waals surface area contributed by atoms with Crippen LogP contribution in [0.5, 0.6) is 0 Å². The number of hydrogen-bond acceptors (Lipinski definition) is 4. The van der Waals surface area contributed by atoms with Crippen LogP contribution in [-0.2, 0) is 9.59 Å². The molecule has 1 atom stereocenters. The Morgan fingerprint density at radius 1 is 0.952 bits per heavy atom. The smallest absolute Gasteiger partial charge is 0.262 e. The molecule has 1 aliphatic rings. The predicted octanol–water partition coefficient (Wildman–Crippen LogP) is 2.93. The van der Waals surface area contributed by atoms with Gasteiger partial charge in [-0.2, -0.15) is 5.01 Å². The number of imide groups is 1. The molecule has 2 amide bonds. The van der Waals surface area contributed by atoms with Gasteiger partial charge in [-0.05, 0) is 24.3 Å². The van der Waals surface area contributed by atoms with Crippen molar-refractivity contribution in [3.8, 4) is 0 Å². The molecule has 0 aliphatic carbocycles. The highest BCUT2D eigenvalue weighted by Gasteiger charge is 2.39. The molecule has 3 rings (SSSR count). The lowest BCUT2D eigenvalue weighted by atomic mass is 10.3. The van der Waals surface area contributed by atoms with E-state index in [1.54, 1.807) is 0 Å². The van der Waals surface area contributed by atoms with Crippen molar-refractivity contribution in [2.45, 2.75) is 16.6 Å². The summed E-state index contributed by atoms with van der Waals surface area (Å²) in [5.74, 6) is -0.394. The molecule has 5 heteroatoms. The second kappa shape index (κ2) is 6.01. The van der Waals surface area contributed by atoms with Gasteiger partial charge in [-0.15, -0.1) is 11.8 Å². The van der Waals surface area contributed by atoms with Crippen LogP contribution < -0.4 is 5.43 Å². The maximum Gasteiger partial charge on any atom is 0.262 e. The number of carbonyl (C=O) groups excluding carboxylic acids is 2. The van der Waals surface area contributed by atoms with Gasteiger partial charge in [-0.1, -0.05) is 36.4 Å². The van der Waals surface area contributed by atoms with E-state index in [1.165, 1.54) is 11.8 Å². The zero-order chi connectivity index (χ0) is 14.7. The number of para-hydroxylation sites is 1. The zero-order valence-electron chi connectivity index (χ0n) is 11.2. The van der Waals surface area contributed by atoms with Crippen LogP contribution in [0.3, 0.4) is 0 Å². The number of carbonyl (C=O) groups is 2. The van der Waals surface area contributed by atoms with Crippen LogP contribution in [0.1, 0.15) is 6.42 Å². The van der Waals surface area contributed by atoms with Crippen LogP contribution in [0.15, 0.2) is 65.6 Å². The molecule has 1 unspecified atom stereocenters. The largest absolute Gasteiger partial charge is 0.289 e. The third-order valence-corrected chi connectivity index (χ3v) is 4.34. The lowest BCUT2D eigenvalue weighted by Gasteiger charge is -2.17. The van der Waals surface area contributed by atoms with Gasteiger partial charge in [-0.25, -0.2) is 0 Å². The summed E-state index contributed by atoms with van der Waals surface area (Å²) in [6.45, 7) is 0. The standard InChI is InChI=1S/C16H14N2O2S/c19-15-11-14(21-13-9-5-2-6-10-13)16(20)18(15)17-12-7-3-1-4-8-12/h1-10,14,17H,11H2. The highest BCUT2D eigenvalue weighted by Crippen LogP contribution is 2.31. The number of anilines is 1. The Hall–Kier alpha value is -2.27. The highest BCUT2D eigenvalue weighted by molar-refractivity contribution is 8.00. The van der Waals surface area contributed by atoms with E-state index in [4.69, 9.17) is 0 Å². The van der Waals surface area contributed by atoms with E-state index in [9.17, 15) is 9.59 Å². The fourth-order valence-electron chi connectivity index (χ4n) is 2.12. The molecule has 21 heavy (non-hydrogen) atoms. The summed E-state index contributed by atoms with van der Waals surface area (Å²) in [7, 11) is 0. The quantitative estimate of drug-likeness (QED) is 0.882. The first-order valence-electron chi connectivity index (χ1n) is 6.64. The molecule has 1 N–H and O–H groups in total. The molecule has 0 saturated carbocycles. The monoisotopic (exact) mass is 298 g/mol. The van der Waals surface area contributed by atoms with Gasteiger partial charge in [0.2, 0.25) is 5.91 Å². The number of hydrogen-bond donors (Lipinski definition) is 1. The van der Waals surface area contributed by atoms with Gasteiger partial charge in [0.15, 0.2) is 0 Å². The summed E-state index contributed by atoms with van der Waals surface area (Å²) in [4.78, 5) is 25.4. The summed E-state index contributed by atoms with van der Waals surface area (Å²) in [5.41, 5.74) is 3.60. The van der Waals surface area contributed by atoms with E-state index in [0.717, 1.165) is 15.6 Å². The van der Waals surface area contributed by atoms with Crippen LogP contribution >= 0.6 is 11.8 Å². The number of benzene rings is 2. The minimum absolute atomic E-state index is 0.197. The molecule has 2 aromatic carbocycles. The zero-order valence-corrected chi connectivity index (χ0v) is 12.0. The first-order chi connectivity index (χ1) is 10.2. The average molecular weight is 298 g/mol.